The van der Waals surface area contributed by atoms with Crippen molar-refractivity contribution >= 4 is 28.2 Å². The van der Waals surface area contributed by atoms with Gasteiger partial charge in [-0.25, -0.2) is 0 Å². The smallest absolute Gasteiger partial charge is 0.159 e. The maximum Gasteiger partial charge on any atom is 0.159 e. The van der Waals surface area contributed by atoms with Crippen molar-refractivity contribution in [1.29, 1.82) is 0 Å². The van der Waals surface area contributed by atoms with E-state index >= 15 is 0 Å². The number of anilines is 1. The first kappa shape index (κ1) is 13.1. The molecule has 18 heavy (non-hydrogen) atoms. The molecule has 2 aromatic rings. The van der Waals surface area contributed by atoms with Gasteiger partial charge in [0, 0.05) is 24.4 Å². The van der Waals surface area contributed by atoms with Crippen LogP contribution in [0.15, 0.2) is 24.3 Å². The topological polar surface area (TPSA) is 29.0 Å². The number of fused-ring (bicyclic) bond motifs is 1. The molecule has 0 spiro atoms. The minimum Gasteiger partial charge on any atom is -0.358 e. The lowest BCUT2D eigenvalue weighted by Gasteiger charge is -2.20. The normalized spacial score (nSPS) is 11.2. The lowest BCUT2D eigenvalue weighted by Crippen LogP contribution is -2.21. The summed E-state index contributed by atoms with van der Waals surface area (Å²) in [5, 5.41) is 10.7. The lowest BCUT2D eigenvalue weighted by atomic mass is 10.1. The highest BCUT2D eigenvalue weighted by Crippen LogP contribution is 2.27. The minimum absolute atomic E-state index is 0.464. The average Bonchev–Trinajstić information content (AvgIpc) is 2.37. The molecule has 0 saturated heterocycles. The quantitative estimate of drug-likeness (QED) is 0.841. The fraction of sp³-hybridized carbons (Fsp3) is 0.429. The molecule has 0 radical (unpaired) electrons. The summed E-state index contributed by atoms with van der Waals surface area (Å²) in [6, 6.07) is 7.98. The standard InChI is InChI=1S/C14H18ClN3/c1-10(2)8-9-18(3)14-12-7-5-4-6-11(12)13(15)16-17-14/h4-7,10H,8-9H2,1-3H3. The van der Waals surface area contributed by atoms with Gasteiger partial charge in [0.1, 0.15) is 0 Å². The monoisotopic (exact) mass is 263 g/mol. The first-order chi connectivity index (χ1) is 8.59. The molecule has 96 valence electrons. The summed E-state index contributed by atoms with van der Waals surface area (Å²) >= 11 is 6.07. The zero-order chi connectivity index (χ0) is 13.1. The van der Waals surface area contributed by atoms with Gasteiger partial charge in [-0.05, 0) is 12.3 Å². The third-order valence-corrected chi connectivity index (χ3v) is 3.31. The third-order valence-electron chi connectivity index (χ3n) is 3.03. The SMILES string of the molecule is CC(C)CCN(C)c1nnc(Cl)c2ccccc12. The second kappa shape index (κ2) is 5.53. The maximum atomic E-state index is 6.07. The fourth-order valence-electron chi connectivity index (χ4n) is 1.90. The Morgan fingerprint density at radius 3 is 2.50 bits per heavy atom. The van der Waals surface area contributed by atoms with Crippen LogP contribution in [-0.2, 0) is 0 Å². The Kier molecular flexibility index (Phi) is 4.02. The van der Waals surface area contributed by atoms with E-state index in [1.165, 1.54) is 0 Å². The number of hydrogen-bond acceptors (Lipinski definition) is 3. The second-order valence-corrected chi connectivity index (χ2v) is 5.32. The van der Waals surface area contributed by atoms with Gasteiger partial charge in [0.25, 0.3) is 0 Å². The third kappa shape index (κ3) is 2.72. The zero-order valence-electron chi connectivity index (χ0n) is 11.0. The van der Waals surface area contributed by atoms with Crippen LogP contribution in [0, 0.1) is 5.92 Å². The van der Waals surface area contributed by atoms with Crippen molar-refractivity contribution in [3.8, 4) is 0 Å². The van der Waals surface area contributed by atoms with Crippen molar-refractivity contribution in [1.82, 2.24) is 10.2 Å². The van der Waals surface area contributed by atoms with Crippen molar-refractivity contribution in [3.63, 3.8) is 0 Å². The number of hydrogen-bond donors (Lipinski definition) is 0. The van der Waals surface area contributed by atoms with E-state index in [0.717, 1.165) is 29.6 Å². The summed E-state index contributed by atoms with van der Waals surface area (Å²) in [7, 11) is 2.05. The van der Waals surface area contributed by atoms with Crippen molar-refractivity contribution in [3.05, 3.63) is 29.4 Å². The minimum atomic E-state index is 0.464. The molecule has 0 bridgehead atoms. The van der Waals surface area contributed by atoms with Crippen LogP contribution in [0.5, 0.6) is 0 Å². The molecule has 0 aliphatic carbocycles. The Morgan fingerprint density at radius 2 is 1.83 bits per heavy atom. The molecule has 0 aliphatic heterocycles. The van der Waals surface area contributed by atoms with Crippen LogP contribution in [0.25, 0.3) is 10.8 Å². The molecule has 1 aromatic heterocycles. The van der Waals surface area contributed by atoms with Crippen LogP contribution in [0.2, 0.25) is 5.15 Å². The molecule has 1 aromatic carbocycles. The molecule has 0 amide bonds. The zero-order valence-corrected chi connectivity index (χ0v) is 11.8. The Morgan fingerprint density at radius 1 is 1.17 bits per heavy atom. The molecule has 2 rings (SSSR count). The molecule has 3 nitrogen and oxygen atoms in total. The van der Waals surface area contributed by atoms with Crippen molar-refractivity contribution in [2.45, 2.75) is 20.3 Å². The van der Waals surface area contributed by atoms with Gasteiger partial charge in [0.2, 0.25) is 0 Å². The molecule has 0 aliphatic rings. The van der Waals surface area contributed by atoms with Crippen LogP contribution in [-0.4, -0.2) is 23.8 Å². The van der Waals surface area contributed by atoms with Gasteiger partial charge in [-0.1, -0.05) is 49.7 Å². The Hall–Kier alpha value is -1.35. The number of nitrogens with zero attached hydrogens (tertiary/aromatic N) is 3. The Labute approximate surface area is 113 Å². The van der Waals surface area contributed by atoms with E-state index in [9.17, 15) is 0 Å². The summed E-state index contributed by atoms with van der Waals surface area (Å²) in [5.41, 5.74) is 0. The number of rotatable bonds is 4. The van der Waals surface area contributed by atoms with Gasteiger partial charge < -0.3 is 4.90 Å². The summed E-state index contributed by atoms with van der Waals surface area (Å²) in [6.07, 6.45) is 1.13. The van der Waals surface area contributed by atoms with Gasteiger partial charge in [-0.3, -0.25) is 0 Å². The highest BCUT2D eigenvalue weighted by Gasteiger charge is 2.11. The molecule has 0 unspecified atom stereocenters. The van der Waals surface area contributed by atoms with Crippen LogP contribution in [0.1, 0.15) is 20.3 Å². The molecule has 1 heterocycles. The molecule has 0 saturated carbocycles. The predicted octanol–water partition coefficient (Wildman–Crippen LogP) is 3.77. The van der Waals surface area contributed by atoms with Crippen LogP contribution in [0.3, 0.4) is 0 Å². The first-order valence-corrected chi connectivity index (χ1v) is 6.59. The summed E-state index contributed by atoms with van der Waals surface area (Å²) < 4.78 is 0. The Bertz CT molecular complexity index is 540. The molecule has 0 N–H and O–H groups in total. The van der Waals surface area contributed by atoms with Crippen LogP contribution in [0.4, 0.5) is 5.82 Å². The average molecular weight is 264 g/mol. The van der Waals surface area contributed by atoms with E-state index in [2.05, 4.69) is 28.9 Å². The van der Waals surface area contributed by atoms with E-state index in [1.807, 2.05) is 31.3 Å². The van der Waals surface area contributed by atoms with E-state index < -0.39 is 0 Å². The summed E-state index contributed by atoms with van der Waals surface area (Å²) in [5.74, 6) is 1.58. The maximum absolute atomic E-state index is 6.07. The first-order valence-electron chi connectivity index (χ1n) is 6.21. The van der Waals surface area contributed by atoms with E-state index in [-0.39, 0.29) is 0 Å². The number of benzene rings is 1. The van der Waals surface area contributed by atoms with Crippen LogP contribution < -0.4 is 4.90 Å². The molecular weight excluding hydrogens is 246 g/mol. The second-order valence-electron chi connectivity index (χ2n) is 4.96. The van der Waals surface area contributed by atoms with Crippen molar-refractivity contribution in [2.75, 3.05) is 18.5 Å². The van der Waals surface area contributed by atoms with Crippen LogP contribution >= 0.6 is 11.6 Å². The molecule has 4 heteroatoms. The number of aromatic nitrogens is 2. The lowest BCUT2D eigenvalue weighted by molar-refractivity contribution is 0.583. The van der Waals surface area contributed by atoms with Gasteiger partial charge in [-0.15, -0.1) is 10.2 Å². The fourth-order valence-corrected chi connectivity index (χ4v) is 2.10. The largest absolute Gasteiger partial charge is 0.358 e. The van der Waals surface area contributed by atoms with Gasteiger partial charge in [-0.2, -0.15) is 0 Å². The van der Waals surface area contributed by atoms with Gasteiger partial charge in [0.05, 0.1) is 0 Å². The number of halogens is 1. The van der Waals surface area contributed by atoms with Crippen molar-refractivity contribution < 1.29 is 0 Å². The molecular formula is C14H18ClN3. The summed E-state index contributed by atoms with van der Waals surface area (Å²) in [6.45, 7) is 5.41. The molecule has 0 fully saturated rings. The van der Waals surface area contributed by atoms with E-state index in [1.54, 1.807) is 0 Å². The summed E-state index contributed by atoms with van der Waals surface area (Å²) in [4.78, 5) is 2.14. The van der Waals surface area contributed by atoms with Crippen molar-refractivity contribution in [2.24, 2.45) is 5.92 Å². The van der Waals surface area contributed by atoms with Gasteiger partial charge in [0.15, 0.2) is 11.0 Å². The Balaban J connectivity index is 2.36. The highest BCUT2D eigenvalue weighted by molar-refractivity contribution is 6.34. The predicted molar refractivity (Wildman–Crippen MR) is 77.3 cm³/mol. The highest BCUT2D eigenvalue weighted by atomic mass is 35.5. The van der Waals surface area contributed by atoms with Gasteiger partial charge >= 0.3 is 0 Å². The van der Waals surface area contributed by atoms with E-state index in [4.69, 9.17) is 11.6 Å². The van der Waals surface area contributed by atoms with E-state index in [0.29, 0.717) is 11.1 Å². The molecule has 0 atom stereocenters.